The monoisotopic (exact) mass is 451 g/mol. The number of methoxy groups -OCH3 is 1. The second-order valence-corrected chi connectivity index (χ2v) is 7.79. The van der Waals surface area contributed by atoms with Crippen molar-refractivity contribution in [2.75, 3.05) is 34.4 Å². The van der Waals surface area contributed by atoms with E-state index in [1.165, 1.54) is 23.3 Å². The molecule has 0 aliphatic carbocycles. The molecule has 0 atom stereocenters. The third-order valence-electron chi connectivity index (χ3n) is 4.93. The number of ether oxygens (including phenoxy) is 2. The quantitative estimate of drug-likeness (QED) is 0.427. The summed E-state index contributed by atoms with van der Waals surface area (Å²) < 4.78 is 11.3. The Bertz CT molecular complexity index is 1000. The molecule has 0 unspecified atom stereocenters. The van der Waals surface area contributed by atoms with Crippen LogP contribution < -0.4 is 9.47 Å². The van der Waals surface area contributed by atoms with Crippen molar-refractivity contribution >= 4 is 5.97 Å². The molecule has 176 valence electrons. The molecule has 0 fully saturated rings. The number of hydrogen-bond donors (Lipinski definition) is 2. The molecule has 3 rings (SSSR count). The largest absolute Gasteiger partial charge is 0.507 e. The minimum Gasteiger partial charge on any atom is -0.507 e. The van der Waals surface area contributed by atoms with Crippen molar-refractivity contribution in [3.8, 4) is 17.2 Å². The van der Waals surface area contributed by atoms with E-state index in [0.29, 0.717) is 0 Å². The Morgan fingerprint density at radius 3 is 2.33 bits per heavy atom. The third-order valence-corrected chi connectivity index (χ3v) is 4.93. The molecule has 0 saturated carbocycles. The highest BCUT2D eigenvalue weighted by molar-refractivity contribution is 5.90. The molecule has 0 spiro atoms. The molecular formula is C27H33NO5. The highest BCUT2D eigenvalue weighted by Gasteiger charge is 2.06. The van der Waals surface area contributed by atoms with Crippen LogP contribution in [0, 0.1) is 0 Å². The van der Waals surface area contributed by atoms with Crippen LogP contribution in [-0.4, -0.2) is 55.4 Å². The fourth-order valence-corrected chi connectivity index (χ4v) is 3.18. The van der Waals surface area contributed by atoms with Gasteiger partial charge >= 0.3 is 5.97 Å². The number of aryl methyl sites for hydroxylation is 2. The van der Waals surface area contributed by atoms with E-state index in [1.54, 1.807) is 19.2 Å². The number of hydrogen-bond acceptors (Lipinski definition) is 5. The van der Waals surface area contributed by atoms with Crippen molar-refractivity contribution in [2.24, 2.45) is 0 Å². The number of carboxylic acids is 1. The first kappa shape index (κ1) is 25.7. The fourth-order valence-electron chi connectivity index (χ4n) is 3.18. The number of para-hydroxylation sites is 2. The molecule has 0 aromatic heterocycles. The zero-order valence-electron chi connectivity index (χ0n) is 19.5. The van der Waals surface area contributed by atoms with Gasteiger partial charge in [-0.05, 0) is 74.8 Å². The van der Waals surface area contributed by atoms with Crippen LogP contribution in [0.1, 0.15) is 27.9 Å². The van der Waals surface area contributed by atoms with Gasteiger partial charge in [0.15, 0.2) is 0 Å². The van der Waals surface area contributed by atoms with E-state index in [-0.39, 0.29) is 11.3 Å². The molecule has 0 aliphatic heterocycles. The van der Waals surface area contributed by atoms with Crippen LogP contribution in [0.3, 0.4) is 0 Å². The number of aromatic hydroxyl groups is 1. The predicted molar refractivity (Wildman–Crippen MR) is 131 cm³/mol. The summed E-state index contributed by atoms with van der Waals surface area (Å²) in [7, 11) is 5.88. The molecule has 0 saturated heterocycles. The third kappa shape index (κ3) is 9.25. The van der Waals surface area contributed by atoms with E-state index in [1.807, 2.05) is 18.2 Å². The summed E-state index contributed by atoms with van der Waals surface area (Å²) >= 11 is 0. The van der Waals surface area contributed by atoms with Crippen molar-refractivity contribution in [2.45, 2.75) is 19.3 Å². The number of carboxylic acid groups (broad SMARTS) is 1. The number of nitrogens with zero attached hydrogens (tertiary/aromatic N) is 1. The van der Waals surface area contributed by atoms with Crippen molar-refractivity contribution in [1.29, 1.82) is 0 Å². The molecule has 33 heavy (non-hydrogen) atoms. The lowest BCUT2D eigenvalue weighted by Gasteiger charge is -2.13. The molecule has 0 heterocycles. The number of benzene rings is 3. The van der Waals surface area contributed by atoms with Gasteiger partial charge in [-0.25, -0.2) is 4.79 Å². The summed E-state index contributed by atoms with van der Waals surface area (Å²) in [6.07, 6.45) is 2.99. The highest BCUT2D eigenvalue weighted by atomic mass is 16.5. The molecule has 3 aromatic rings. The second-order valence-electron chi connectivity index (χ2n) is 7.79. The van der Waals surface area contributed by atoms with Gasteiger partial charge in [0.25, 0.3) is 0 Å². The van der Waals surface area contributed by atoms with E-state index in [2.05, 4.69) is 49.3 Å². The van der Waals surface area contributed by atoms with Crippen LogP contribution in [-0.2, 0) is 12.8 Å². The predicted octanol–water partition coefficient (Wildman–Crippen LogP) is 4.90. The van der Waals surface area contributed by atoms with E-state index in [4.69, 9.17) is 19.7 Å². The summed E-state index contributed by atoms with van der Waals surface area (Å²) in [5.74, 6) is 0.609. The van der Waals surface area contributed by atoms with Crippen LogP contribution in [0.2, 0.25) is 0 Å². The lowest BCUT2D eigenvalue weighted by Crippen LogP contribution is -2.15. The molecule has 0 aliphatic rings. The average Bonchev–Trinajstić information content (AvgIpc) is 2.81. The number of carbonyl (C=O) groups is 1. The second kappa shape index (κ2) is 13.8. The summed E-state index contributed by atoms with van der Waals surface area (Å²) in [4.78, 5) is 12.4. The maximum absolute atomic E-state index is 10.3. The van der Waals surface area contributed by atoms with Crippen molar-refractivity contribution < 1.29 is 24.5 Å². The van der Waals surface area contributed by atoms with E-state index < -0.39 is 5.97 Å². The van der Waals surface area contributed by atoms with Gasteiger partial charge in [0.1, 0.15) is 22.8 Å². The Hall–Kier alpha value is -3.51. The van der Waals surface area contributed by atoms with Gasteiger partial charge in [-0.3, -0.25) is 0 Å². The smallest absolute Gasteiger partial charge is 0.339 e. The Morgan fingerprint density at radius 1 is 0.939 bits per heavy atom. The molecule has 3 aromatic carbocycles. The molecule has 6 nitrogen and oxygen atoms in total. The summed E-state index contributed by atoms with van der Waals surface area (Å²) in [5, 5.41) is 17.3. The molecule has 0 bridgehead atoms. The van der Waals surface area contributed by atoms with Crippen molar-refractivity contribution in [1.82, 2.24) is 4.90 Å². The van der Waals surface area contributed by atoms with E-state index in [9.17, 15) is 4.79 Å². The summed E-state index contributed by atoms with van der Waals surface area (Å²) in [6.45, 7) is 1.81. The molecule has 6 heteroatoms. The zero-order chi connectivity index (χ0) is 24.1. The van der Waals surface area contributed by atoms with Gasteiger partial charge in [0.2, 0.25) is 0 Å². The van der Waals surface area contributed by atoms with Crippen LogP contribution in [0.15, 0.2) is 72.8 Å². The van der Waals surface area contributed by atoms with Crippen LogP contribution in [0.4, 0.5) is 0 Å². The van der Waals surface area contributed by atoms with Gasteiger partial charge in [0.05, 0.1) is 13.7 Å². The Labute approximate surface area is 196 Å². The first-order valence-electron chi connectivity index (χ1n) is 10.9. The lowest BCUT2D eigenvalue weighted by atomic mass is 10.0. The average molecular weight is 452 g/mol. The molecular weight excluding hydrogens is 418 g/mol. The Morgan fingerprint density at radius 2 is 1.67 bits per heavy atom. The van der Waals surface area contributed by atoms with E-state index in [0.717, 1.165) is 43.9 Å². The minimum atomic E-state index is -1.11. The zero-order valence-corrected chi connectivity index (χ0v) is 19.5. The molecule has 0 radical (unpaired) electrons. The fraction of sp³-hybridized carbons (Fsp3) is 0.296. The Kier molecular flexibility index (Phi) is 10.8. The minimum absolute atomic E-state index is 0.0671. The Balaban J connectivity index is 0.000000321. The topological polar surface area (TPSA) is 79.2 Å². The normalized spacial score (nSPS) is 10.3. The number of rotatable bonds is 10. The van der Waals surface area contributed by atoms with E-state index >= 15 is 0 Å². The molecule has 0 amide bonds. The highest BCUT2D eigenvalue weighted by Crippen LogP contribution is 2.21. The standard InChI is InChI=1S/C20H27NO2.C7H6O3/c1-21(2)14-7-15-23-20-11-5-4-9-18(20)13-12-17-8-6-10-19(16-17)22-3;8-6-4-2-1-3-5(6)7(9)10/h4-6,8-11,16H,7,12-15H2,1-3H3;1-4,8H,(H,9,10). The molecule has 2 N–H and O–H groups in total. The first-order chi connectivity index (χ1) is 15.9. The van der Waals surface area contributed by atoms with Crippen LogP contribution in [0.5, 0.6) is 17.2 Å². The van der Waals surface area contributed by atoms with Gasteiger partial charge in [-0.15, -0.1) is 0 Å². The lowest BCUT2D eigenvalue weighted by molar-refractivity contribution is 0.0693. The maximum atomic E-state index is 10.3. The summed E-state index contributed by atoms with van der Waals surface area (Å²) in [6, 6.07) is 22.4. The van der Waals surface area contributed by atoms with Crippen LogP contribution in [0.25, 0.3) is 0 Å². The summed E-state index contributed by atoms with van der Waals surface area (Å²) in [5.41, 5.74) is 2.48. The van der Waals surface area contributed by atoms with Gasteiger partial charge in [-0.2, -0.15) is 0 Å². The number of phenols is 1. The van der Waals surface area contributed by atoms with Crippen LogP contribution >= 0.6 is 0 Å². The first-order valence-corrected chi connectivity index (χ1v) is 10.9. The SMILES string of the molecule is COc1cccc(CCc2ccccc2OCCCN(C)C)c1.O=C(O)c1ccccc1O. The maximum Gasteiger partial charge on any atom is 0.339 e. The van der Waals surface area contributed by atoms with Gasteiger partial charge in [-0.1, -0.05) is 42.5 Å². The van der Waals surface area contributed by atoms with Crippen molar-refractivity contribution in [3.05, 3.63) is 89.5 Å². The van der Waals surface area contributed by atoms with Crippen molar-refractivity contribution in [3.63, 3.8) is 0 Å². The van der Waals surface area contributed by atoms with Gasteiger partial charge < -0.3 is 24.6 Å². The number of aromatic carboxylic acids is 1. The van der Waals surface area contributed by atoms with Gasteiger partial charge in [0, 0.05) is 6.54 Å².